The van der Waals surface area contributed by atoms with Crippen molar-refractivity contribution in [2.24, 2.45) is 0 Å². The quantitative estimate of drug-likeness (QED) is 0.652. The lowest BCUT2D eigenvalue weighted by Gasteiger charge is -2.33. The van der Waals surface area contributed by atoms with Crippen molar-refractivity contribution in [2.75, 3.05) is 17.2 Å². The number of amides is 3. The van der Waals surface area contributed by atoms with Crippen LogP contribution in [-0.2, 0) is 22.4 Å². The fourth-order valence-corrected chi connectivity index (χ4v) is 5.14. The number of aryl methyl sites for hydroxylation is 2. The molecule has 1 unspecified atom stereocenters. The van der Waals surface area contributed by atoms with Crippen LogP contribution in [0.4, 0.5) is 10.7 Å². The van der Waals surface area contributed by atoms with Gasteiger partial charge in [-0.05, 0) is 69.7 Å². The Kier molecular flexibility index (Phi) is 5.27. The summed E-state index contributed by atoms with van der Waals surface area (Å²) in [5.74, 6) is -0.909. The number of anilines is 2. The van der Waals surface area contributed by atoms with Crippen LogP contribution in [0.5, 0.6) is 5.75 Å². The maximum absolute atomic E-state index is 13.2. The second kappa shape index (κ2) is 7.75. The Morgan fingerprint density at radius 1 is 1.27 bits per heavy atom. The smallest absolute Gasteiger partial charge is 0.278 e. The largest absolute Gasteiger partial charge is 0.466 e. The average Bonchev–Trinajstić information content (AvgIpc) is 3.07. The predicted molar refractivity (Wildman–Crippen MR) is 116 cm³/mol. The van der Waals surface area contributed by atoms with Crippen molar-refractivity contribution in [3.05, 3.63) is 39.8 Å². The second-order valence-corrected chi connectivity index (χ2v) is 8.92. The van der Waals surface area contributed by atoms with Crippen LogP contribution in [0, 0.1) is 6.92 Å². The Morgan fingerprint density at radius 3 is 2.80 bits per heavy atom. The molecule has 1 aliphatic carbocycles. The molecule has 4 rings (SSSR count). The van der Waals surface area contributed by atoms with Crippen molar-refractivity contribution in [3.63, 3.8) is 0 Å². The zero-order chi connectivity index (χ0) is 21.5. The first-order valence-electron chi connectivity index (χ1n) is 10.2. The van der Waals surface area contributed by atoms with E-state index in [1.165, 1.54) is 18.3 Å². The van der Waals surface area contributed by atoms with Gasteiger partial charge < -0.3 is 20.7 Å². The number of carbonyl (C=O) groups excluding carboxylic acids is 3. The van der Waals surface area contributed by atoms with E-state index in [4.69, 9.17) is 4.74 Å². The fourth-order valence-electron chi connectivity index (χ4n) is 3.85. The van der Waals surface area contributed by atoms with Crippen LogP contribution in [0.2, 0.25) is 0 Å². The topological polar surface area (TPSA) is 96.5 Å². The summed E-state index contributed by atoms with van der Waals surface area (Å²) in [7, 11) is 0. The number of fused-ring (bicyclic) bond motifs is 2. The van der Waals surface area contributed by atoms with E-state index >= 15 is 0 Å². The minimum absolute atomic E-state index is 0.202. The first kappa shape index (κ1) is 20.4. The second-order valence-electron chi connectivity index (χ2n) is 7.82. The molecule has 158 valence electrons. The Balaban J connectivity index is 1.65. The molecule has 1 aliphatic heterocycles. The lowest BCUT2D eigenvalue weighted by Crippen LogP contribution is -2.56. The van der Waals surface area contributed by atoms with E-state index in [-0.39, 0.29) is 5.91 Å². The van der Waals surface area contributed by atoms with Crippen molar-refractivity contribution >= 4 is 39.7 Å². The molecular weight excluding hydrogens is 402 g/mol. The zero-order valence-electron chi connectivity index (χ0n) is 17.3. The van der Waals surface area contributed by atoms with Gasteiger partial charge in [0.2, 0.25) is 0 Å². The molecule has 0 saturated heterocycles. The number of thiophene rings is 1. The third-order valence-electron chi connectivity index (χ3n) is 5.53. The van der Waals surface area contributed by atoms with E-state index in [2.05, 4.69) is 16.0 Å². The molecule has 1 aromatic carbocycles. The summed E-state index contributed by atoms with van der Waals surface area (Å²) in [5.41, 5.74) is 1.29. The van der Waals surface area contributed by atoms with Gasteiger partial charge in [0.15, 0.2) is 0 Å². The first-order chi connectivity index (χ1) is 14.3. The predicted octanol–water partition coefficient (Wildman–Crippen LogP) is 3.41. The van der Waals surface area contributed by atoms with Gasteiger partial charge in [-0.3, -0.25) is 14.4 Å². The Labute approximate surface area is 179 Å². The molecule has 8 heteroatoms. The van der Waals surface area contributed by atoms with E-state index in [0.717, 1.165) is 41.7 Å². The molecule has 3 amide bonds. The van der Waals surface area contributed by atoms with Gasteiger partial charge in [-0.15, -0.1) is 11.3 Å². The molecule has 1 aromatic heterocycles. The SMILES string of the molecule is CCNC(=O)c1c(NC(=O)C2(C)Oc3ccc(C)cc3NC2=O)sc2c1CCCC2. The van der Waals surface area contributed by atoms with Gasteiger partial charge in [-0.1, -0.05) is 6.07 Å². The third kappa shape index (κ3) is 3.45. The molecule has 2 aromatic rings. The minimum Gasteiger partial charge on any atom is -0.466 e. The first-order valence-corrected chi connectivity index (χ1v) is 11.0. The highest BCUT2D eigenvalue weighted by Crippen LogP contribution is 2.40. The van der Waals surface area contributed by atoms with Crippen LogP contribution < -0.4 is 20.7 Å². The normalized spacial score (nSPS) is 19.8. The number of rotatable bonds is 4. The van der Waals surface area contributed by atoms with E-state index in [1.807, 2.05) is 19.9 Å². The van der Waals surface area contributed by atoms with Gasteiger partial charge in [0.05, 0.1) is 11.3 Å². The number of carbonyl (C=O) groups is 3. The third-order valence-corrected chi connectivity index (χ3v) is 6.73. The maximum Gasteiger partial charge on any atom is 0.278 e. The number of hydrogen-bond acceptors (Lipinski definition) is 5. The summed E-state index contributed by atoms with van der Waals surface area (Å²) in [6.07, 6.45) is 3.79. The molecule has 2 aliphatic rings. The highest BCUT2D eigenvalue weighted by atomic mass is 32.1. The van der Waals surface area contributed by atoms with Crippen LogP contribution in [0.15, 0.2) is 18.2 Å². The van der Waals surface area contributed by atoms with Crippen LogP contribution in [-0.4, -0.2) is 29.9 Å². The molecule has 2 heterocycles. The van der Waals surface area contributed by atoms with Crippen LogP contribution >= 0.6 is 11.3 Å². The number of hydrogen-bond donors (Lipinski definition) is 3. The van der Waals surface area contributed by atoms with Gasteiger partial charge in [0.1, 0.15) is 10.8 Å². The highest BCUT2D eigenvalue weighted by molar-refractivity contribution is 7.17. The van der Waals surface area contributed by atoms with Crippen molar-refractivity contribution in [1.82, 2.24) is 5.32 Å². The number of ether oxygens (including phenoxy) is 1. The van der Waals surface area contributed by atoms with E-state index < -0.39 is 17.4 Å². The maximum atomic E-state index is 13.2. The average molecular weight is 428 g/mol. The summed E-state index contributed by atoms with van der Waals surface area (Å²) in [4.78, 5) is 39.8. The van der Waals surface area contributed by atoms with Crippen molar-refractivity contribution in [3.8, 4) is 5.75 Å². The molecule has 1 atom stereocenters. The van der Waals surface area contributed by atoms with E-state index in [9.17, 15) is 14.4 Å². The molecule has 0 spiro atoms. The molecule has 0 bridgehead atoms. The van der Waals surface area contributed by atoms with Crippen LogP contribution in [0.3, 0.4) is 0 Å². The van der Waals surface area contributed by atoms with E-state index in [1.54, 1.807) is 12.1 Å². The Bertz CT molecular complexity index is 1050. The van der Waals surface area contributed by atoms with Gasteiger partial charge >= 0.3 is 0 Å². The summed E-state index contributed by atoms with van der Waals surface area (Å²) < 4.78 is 5.85. The van der Waals surface area contributed by atoms with Crippen LogP contribution in [0.1, 0.15) is 53.1 Å². The molecule has 7 nitrogen and oxygen atoms in total. The lowest BCUT2D eigenvalue weighted by atomic mass is 9.95. The summed E-state index contributed by atoms with van der Waals surface area (Å²) in [5, 5.41) is 8.90. The molecule has 0 saturated carbocycles. The van der Waals surface area contributed by atoms with Crippen molar-refractivity contribution in [1.29, 1.82) is 0 Å². The molecular formula is C22H25N3O4S. The number of nitrogens with one attached hydrogen (secondary N) is 3. The Hall–Kier alpha value is -2.87. The molecule has 0 fully saturated rings. The molecule has 0 radical (unpaired) electrons. The van der Waals surface area contributed by atoms with Crippen LogP contribution in [0.25, 0.3) is 0 Å². The Morgan fingerprint density at radius 2 is 2.03 bits per heavy atom. The number of benzene rings is 1. The molecule has 30 heavy (non-hydrogen) atoms. The van der Waals surface area contributed by atoms with Gasteiger partial charge in [0, 0.05) is 11.4 Å². The van der Waals surface area contributed by atoms with Gasteiger partial charge in [0.25, 0.3) is 23.3 Å². The van der Waals surface area contributed by atoms with Crippen molar-refractivity contribution in [2.45, 2.75) is 52.1 Å². The summed E-state index contributed by atoms with van der Waals surface area (Å²) in [6.45, 7) is 5.71. The summed E-state index contributed by atoms with van der Waals surface area (Å²) >= 11 is 1.42. The standard InChI is InChI=1S/C22H25N3O4S/c1-4-23-18(26)17-13-7-5-6-8-16(13)30-19(17)25-21(28)22(3)20(27)24-14-11-12(2)9-10-15(14)29-22/h9-11H,4-8H2,1-3H3,(H,23,26)(H,24,27)(H,25,28). The van der Waals surface area contributed by atoms with Crippen molar-refractivity contribution < 1.29 is 19.1 Å². The fraction of sp³-hybridized carbons (Fsp3) is 0.409. The highest BCUT2D eigenvalue weighted by Gasteiger charge is 2.48. The van der Waals surface area contributed by atoms with Gasteiger partial charge in [-0.2, -0.15) is 0 Å². The molecule has 3 N–H and O–H groups in total. The monoisotopic (exact) mass is 427 g/mol. The lowest BCUT2D eigenvalue weighted by molar-refractivity contribution is -0.143. The van der Waals surface area contributed by atoms with Gasteiger partial charge in [-0.25, -0.2) is 0 Å². The zero-order valence-corrected chi connectivity index (χ0v) is 18.1. The minimum atomic E-state index is -1.74. The summed E-state index contributed by atoms with van der Waals surface area (Å²) in [6, 6.07) is 5.39. The van der Waals surface area contributed by atoms with E-state index in [0.29, 0.717) is 28.5 Å².